The van der Waals surface area contributed by atoms with Crippen molar-refractivity contribution >= 4 is 0 Å². The van der Waals surface area contributed by atoms with Crippen LogP contribution in [-0.4, -0.2) is 34.6 Å². The average molecular weight is 399 g/mol. The van der Waals surface area contributed by atoms with Gasteiger partial charge < -0.3 is 9.84 Å². The fourth-order valence-electron chi connectivity index (χ4n) is 4.93. The van der Waals surface area contributed by atoms with E-state index < -0.39 is 0 Å². The lowest BCUT2D eigenvalue weighted by atomic mass is 9.74. The van der Waals surface area contributed by atoms with Crippen LogP contribution in [-0.2, 0) is 0 Å². The molecule has 3 heterocycles. The Balaban J connectivity index is 1.54. The number of phenols is 1. The third-order valence-electron chi connectivity index (χ3n) is 6.41. The molecule has 30 heavy (non-hydrogen) atoms. The van der Waals surface area contributed by atoms with Crippen molar-refractivity contribution in [2.24, 2.45) is 5.92 Å². The number of ether oxygens (including phenoxy) is 1. The molecule has 1 aromatic heterocycles. The molecule has 1 unspecified atom stereocenters. The number of pyridine rings is 1. The Morgan fingerprint density at radius 2 is 1.93 bits per heavy atom. The van der Waals surface area contributed by atoms with Gasteiger partial charge in [-0.15, -0.1) is 6.58 Å². The molecule has 0 bridgehead atoms. The van der Waals surface area contributed by atoms with E-state index in [1.807, 2.05) is 24.4 Å². The number of hydrogen-bond acceptors (Lipinski definition) is 4. The van der Waals surface area contributed by atoms with Crippen LogP contribution in [0.5, 0.6) is 17.2 Å². The predicted octanol–water partition coefficient (Wildman–Crippen LogP) is 5.59. The molecular weight excluding hydrogens is 372 g/mol. The van der Waals surface area contributed by atoms with Gasteiger partial charge in [-0.1, -0.05) is 36.4 Å². The summed E-state index contributed by atoms with van der Waals surface area (Å²) >= 11 is 0. The highest BCUT2D eigenvalue weighted by atomic mass is 16.5. The fraction of sp³-hybridized carbons (Fsp3) is 0.269. The number of phenolic OH excluding ortho intramolecular Hbond substituents is 1. The third kappa shape index (κ3) is 3.37. The first-order chi connectivity index (χ1) is 14.7. The van der Waals surface area contributed by atoms with Gasteiger partial charge in [0.1, 0.15) is 5.75 Å². The van der Waals surface area contributed by atoms with Crippen LogP contribution in [0.3, 0.4) is 0 Å². The quantitative estimate of drug-likeness (QED) is 0.582. The molecule has 0 aliphatic carbocycles. The number of likely N-dealkylation sites (tertiary alicyclic amines) is 1. The lowest BCUT2D eigenvalue weighted by Crippen LogP contribution is -2.36. The topological polar surface area (TPSA) is 45.6 Å². The largest absolute Gasteiger partial charge is 0.504 e. The zero-order valence-electron chi connectivity index (χ0n) is 17.0. The molecule has 0 spiro atoms. The lowest BCUT2D eigenvalue weighted by molar-refractivity contribution is 0.187. The molecule has 5 rings (SSSR count). The molecule has 0 saturated carbocycles. The zero-order valence-corrected chi connectivity index (χ0v) is 17.0. The maximum atomic E-state index is 10.5. The smallest absolute Gasteiger partial charge is 0.172 e. The number of aromatic nitrogens is 1. The molecular formula is C26H26N2O2. The van der Waals surface area contributed by atoms with Crippen LogP contribution in [0.1, 0.15) is 29.9 Å². The molecule has 152 valence electrons. The Kier molecular flexibility index (Phi) is 5.01. The molecule has 0 amide bonds. The summed E-state index contributed by atoms with van der Waals surface area (Å²) in [5.41, 5.74) is 4.43. The van der Waals surface area contributed by atoms with E-state index in [-0.39, 0.29) is 11.7 Å². The van der Waals surface area contributed by atoms with Crippen LogP contribution in [0, 0.1) is 5.92 Å². The lowest BCUT2D eigenvalue weighted by Gasteiger charge is -2.39. The second-order valence-corrected chi connectivity index (χ2v) is 8.20. The number of para-hydroxylation sites is 1. The molecule has 2 aliphatic heterocycles. The van der Waals surface area contributed by atoms with Gasteiger partial charge in [0.15, 0.2) is 11.5 Å². The number of rotatable bonds is 4. The van der Waals surface area contributed by atoms with Gasteiger partial charge in [0.25, 0.3) is 0 Å². The van der Waals surface area contributed by atoms with E-state index in [1.54, 1.807) is 12.3 Å². The summed E-state index contributed by atoms with van der Waals surface area (Å²) in [7, 11) is 0. The minimum atomic E-state index is 0.207. The fourth-order valence-corrected chi connectivity index (χ4v) is 4.93. The van der Waals surface area contributed by atoms with Crippen molar-refractivity contribution < 1.29 is 9.84 Å². The number of piperidine rings is 1. The Morgan fingerprint density at radius 1 is 1.07 bits per heavy atom. The standard InChI is InChI=1S/C26H26N2O2/c1-2-13-28-14-10-18(11-15-28)25-21-9-8-19(20-5-4-12-27-17-20)16-24(21)30-26-22(25)6-3-7-23(26)29/h2-9,12,16-18,25,29H,1,10-11,13-15H2. The Labute approximate surface area is 177 Å². The van der Waals surface area contributed by atoms with Crippen molar-refractivity contribution in [3.8, 4) is 28.4 Å². The SMILES string of the molecule is C=CCN1CCC(C2c3ccc(-c4cccnc4)cc3Oc3c(O)cccc32)CC1. The monoisotopic (exact) mass is 398 g/mol. The molecule has 2 aliphatic rings. The number of aromatic hydroxyl groups is 1. The number of hydrogen-bond donors (Lipinski definition) is 1. The van der Waals surface area contributed by atoms with E-state index in [4.69, 9.17) is 4.74 Å². The minimum absolute atomic E-state index is 0.207. The van der Waals surface area contributed by atoms with Crippen molar-refractivity contribution in [1.82, 2.24) is 9.88 Å². The van der Waals surface area contributed by atoms with E-state index in [0.717, 1.165) is 54.9 Å². The van der Waals surface area contributed by atoms with E-state index >= 15 is 0 Å². The molecule has 3 aromatic rings. The summed E-state index contributed by atoms with van der Waals surface area (Å²) in [5, 5.41) is 10.5. The van der Waals surface area contributed by atoms with Gasteiger partial charge in [-0.3, -0.25) is 9.88 Å². The van der Waals surface area contributed by atoms with Crippen molar-refractivity contribution in [1.29, 1.82) is 0 Å². The Hall–Kier alpha value is -3.11. The van der Waals surface area contributed by atoms with Gasteiger partial charge >= 0.3 is 0 Å². The second-order valence-electron chi connectivity index (χ2n) is 8.20. The maximum Gasteiger partial charge on any atom is 0.172 e. The average Bonchev–Trinajstić information content (AvgIpc) is 2.79. The van der Waals surface area contributed by atoms with Crippen LogP contribution in [0.2, 0.25) is 0 Å². The van der Waals surface area contributed by atoms with Gasteiger partial charge in [0, 0.05) is 41.5 Å². The summed E-state index contributed by atoms with van der Waals surface area (Å²) in [4.78, 5) is 6.70. The zero-order chi connectivity index (χ0) is 20.5. The predicted molar refractivity (Wildman–Crippen MR) is 119 cm³/mol. The first-order valence-electron chi connectivity index (χ1n) is 10.6. The Bertz CT molecular complexity index is 1060. The summed E-state index contributed by atoms with van der Waals surface area (Å²) in [5.74, 6) is 2.39. The van der Waals surface area contributed by atoms with E-state index in [1.165, 1.54) is 5.56 Å². The molecule has 2 aromatic carbocycles. The molecule has 0 radical (unpaired) electrons. The van der Waals surface area contributed by atoms with Crippen LogP contribution < -0.4 is 4.74 Å². The number of fused-ring (bicyclic) bond motifs is 2. The highest BCUT2D eigenvalue weighted by Gasteiger charge is 2.36. The van der Waals surface area contributed by atoms with Crippen molar-refractivity contribution in [2.75, 3.05) is 19.6 Å². The van der Waals surface area contributed by atoms with Crippen molar-refractivity contribution in [2.45, 2.75) is 18.8 Å². The van der Waals surface area contributed by atoms with Crippen LogP contribution in [0.25, 0.3) is 11.1 Å². The summed E-state index contributed by atoms with van der Waals surface area (Å²) in [6, 6.07) is 16.2. The van der Waals surface area contributed by atoms with Crippen LogP contribution in [0.4, 0.5) is 0 Å². The summed E-state index contributed by atoms with van der Waals surface area (Å²) in [6.45, 7) is 6.97. The Morgan fingerprint density at radius 3 is 2.70 bits per heavy atom. The first kappa shape index (κ1) is 18.9. The van der Waals surface area contributed by atoms with Gasteiger partial charge in [0.05, 0.1) is 0 Å². The van der Waals surface area contributed by atoms with Crippen LogP contribution >= 0.6 is 0 Å². The maximum absolute atomic E-state index is 10.5. The first-order valence-corrected chi connectivity index (χ1v) is 10.6. The highest BCUT2D eigenvalue weighted by Crippen LogP contribution is 2.53. The normalized spacial score (nSPS) is 18.9. The van der Waals surface area contributed by atoms with Crippen LogP contribution in [0.15, 0.2) is 73.6 Å². The number of nitrogens with zero attached hydrogens (tertiary/aromatic N) is 2. The molecule has 1 N–H and O–H groups in total. The van der Waals surface area contributed by atoms with E-state index in [9.17, 15) is 5.11 Å². The van der Waals surface area contributed by atoms with Gasteiger partial charge in [-0.2, -0.15) is 0 Å². The third-order valence-corrected chi connectivity index (χ3v) is 6.41. The molecule has 1 fully saturated rings. The molecule has 1 atom stereocenters. The van der Waals surface area contributed by atoms with E-state index in [2.05, 4.69) is 46.8 Å². The summed E-state index contributed by atoms with van der Waals surface area (Å²) < 4.78 is 6.26. The van der Waals surface area contributed by atoms with Gasteiger partial charge in [-0.05, 0) is 55.6 Å². The molecule has 1 saturated heterocycles. The van der Waals surface area contributed by atoms with E-state index in [0.29, 0.717) is 11.7 Å². The molecule has 4 heteroatoms. The summed E-state index contributed by atoms with van der Waals surface area (Å²) in [6.07, 6.45) is 7.87. The van der Waals surface area contributed by atoms with Crippen molar-refractivity contribution in [3.63, 3.8) is 0 Å². The number of benzene rings is 2. The van der Waals surface area contributed by atoms with Crippen molar-refractivity contribution in [3.05, 3.63) is 84.7 Å². The minimum Gasteiger partial charge on any atom is -0.504 e. The highest BCUT2D eigenvalue weighted by molar-refractivity contribution is 5.68. The van der Waals surface area contributed by atoms with Gasteiger partial charge in [0.2, 0.25) is 0 Å². The van der Waals surface area contributed by atoms with Gasteiger partial charge in [-0.25, -0.2) is 0 Å². The molecule has 4 nitrogen and oxygen atoms in total. The second kappa shape index (κ2) is 7.96.